The Morgan fingerprint density at radius 2 is 2.54 bits per heavy atom. The first-order chi connectivity index (χ1) is 6.27. The molecule has 1 aliphatic heterocycles. The van der Waals surface area contributed by atoms with Gasteiger partial charge >= 0.3 is 6.03 Å². The van der Waals surface area contributed by atoms with Gasteiger partial charge in [0.05, 0.1) is 6.07 Å². The highest BCUT2D eigenvalue weighted by Gasteiger charge is 2.25. The van der Waals surface area contributed by atoms with Gasteiger partial charge in [-0.15, -0.1) is 0 Å². The highest BCUT2D eigenvalue weighted by atomic mass is 16.2. The van der Waals surface area contributed by atoms with Crippen LogP contribution in [0.3, 0.4) is 0 Å². The van der Waals surface area contributed by atoms with E-state index in [-0.39, 0.29) is 6.03 Å². The molecule has 0 aromatic carbocycles. The van der Waals surface area contributed by atoms with Crippen molar-refractivity contribution >= 4 is 6.03 Å². The lowest BCUT2D eigenvalue weighted by atomic mass is 10.1. The van der Waals surface area contributed by atoms with Gasteiger partial charge in [0.25, 0.3) is 0 Å². The van der Waals surface area contributed by atoms with Crippen LogP contribution in [0.25, 0.3) is 0 Å². The molecule has 1 rings (SSSR count). The van der Waals surface area contributed by atoms with Crippen molar-refractivity contribution in [1.82, 2.24) is 10.2 Å². The second kappa shape index (κ2) is 4.70. The van der Waals surface area contributed by atoms with E-state index in [0.29, 0.717) is 18.9 Å². The first-order valence-corrected chi connectivity index (χ1v) is 4.67. The van der Waals surface area contributed by atoms with Crippen LogP contribution in [-0.2, 0) is 0 Å². The smallest absolute Gasteiger partial charge is 0.317 e. The quantitative estimate of drug-likeness (QED) is 0.689. The third-order valence-electron chi connectivity index (χ3n) is 2.28. The van der Waals surface area contributed by atoms with E-state index in [1.54, 1.807) is 4.90 Å². The number of hydrogen-bond acceptors (Lipinski definition) is 2. The van der Waals surface area contributed by atoms with Crippen LogP contribution in [0.1, 0.15) is 19.8 Å². The molecule has 0 saturated carbocycles. The van der Waals surface area contributed by atoms with E-state index in [1.807, 2.05) is 6.92 Å². The van der Waals surface area contributed by atoms with E-state index >= 15 is 0 Å². The topological polar surface area (TPSA) is 56.1 Å². The van der Waals surface area contributed by atoms with Gasteiger partial charge in [-0.05, 0) is 19.3 Å². The summed E-state index contributed by atoms with van der Waals surface area (Å²) < 4.78 is 0. The normalized spacial score (nSPS) is 21.2. The first-order valence-electron chi connectivity index (χ1n) is 4.67. The number of carbonyl (C=O) groups excluding carboxylic acids is 1. The van der Waals surface area contributed by atoms with Crippen molar-refractivity contribution < 1.29 is 4.79 Å². The monoisotopic (exact) mass is 181 g/mol. The summed E-state index contributed by atoms with van der Waals surface area (Å²) in [5.41, 5.74) is 0. The first kappa shape index (κ1) is 9.85. The van der Waals surface area contributed by atoms with Gasteiger partial charge in [-0.1, -0.05) is 0 Å². The molecule has 1 unspecified atom stereocenters. The maximum Gasteiger partial charge on any atom is 0.317 e. The Labute approximate surface area is 78.5 Å². The Bertz CT molecular complexity index is 221. The fourth-order valence-corrected chi connectivity index (χ4v) is 1.58. The van der Waals surface area contributed by atoms with Crippen molar-refractivity contribution in [3.63, 3.8) is 0 Å². The van der Waals surface area contributed by atoms with E-state index in [1.165, 1.54) is 0 Å². The van der Waals surface area contributed by atoms with Crippen LogP contribution in [-0.4, -0.2) is 30.6 Å². The predicted octanol–water partition coefficient (Wildman–Crippen LogP) is 0.951. The molecule has 0 radical (unpaired) electrons. The number of nitrogens with one attached hydrogen (secondary N) is 1. The Kier molecular flexibility index (Phi) is 3.56. The molecule has 1 atom stereocenters. The highest BCUT2D eigenvalue weighted by molar-refractivity contribution is 5.74. The molecule has 72 valence electrons. The van der Waals surface area contributed by atoms with Crippen LogP contribution in [0, 0.1) is 17.2 Å². The Morgan fingerprint density at radius 1 is 1.77 bits per heavy atom. The molecule has 4 heteroatoms. The Hall–Kier alpha value is -1.24. The number of hydrogen-bond donors (Lipinski definition) is 1. The molecule has 1 N–H and O–H groups in total. The molecule has 0 bridgehead atoms. The number of rotatable bonds is 2. The maximum atomic E-state index is 11.3. The number of nitrogens with zero attached hydrogens (tertiary/aromatic N) is 2. The standard InChI is InChI=1S/C9H15N3O/c1-2-11-9(13)12-6-4-8(7-12)3-5-10/h8H,2-4,6-7H2,1H3,(H,11,13). The van der Waals surface area contributed by atoms with Crippen molar-refractivity contribution in [1.29, 1.82) is 5.26 Å². The average molecular weight is 181 g/mol. The summed E-state index contributed by atoms with van der Waals surface area (Å²) in [5, 5.41) is 11.2. The third-order valence-corrected chi connectivity index (χ3v) is 2.28. The maximum absolute atomic E-state index is 11.3. The largest absolute Gasteiger partial charge is 0.338 e. The summed E-state index contributed by atoms with van der Waals surface area (Å²) in [4.78, 5) is 13.1. The fourth-order valence-electron chi connectivity index (χ4n) is 1.58. The van der Waals surface area contributed by atoms with E-state index < -0.39 is 0 Å². The Balaban J connectivity index is 2.32. The van der Waals surface area contributed by atoms with Crippen LogP contribution in [0.15, 0.2) is 0 Å². The highest BCUT2D eigenvalue weighted by Crippen LogP contribution is 2.18. The van der Waals surface area contributed by atoms with Crippen LogP contribution < -0.4 is 5.32 Å². The van der Waals surface area contributed by atoms with Crippen molar-refractivity contribution in [2.75, 3.05) is 19.6 Å². The number of amides is 2. The molecule has 2 amide bonds. The zero-order valence-electron chi connectivity index (χ0n) is 7.92. The second-order valence-corrected chi connectivity index (χ2v) is 3.30. The minimum atomic E-state index is 0.00272. The fraction of sp³-hybridized carbons (Fsp3) is 0.778. The summed E-state index contributed by atoms with van der Waals surface area (Å²) in [5.74, 6) is 0.382. The predicted molar refractivity (Wildman–Crippen MR) is 49.0 cm³/mol. The summed E-state index contributed by atoms with van der Waals surface area (Å²) in [6, 6.07) is 2.15. The van der Waals surface area contributed by atoms with E-state index in [9.17, 15) is 4.79 Å². The molecule has 0 aromatic rings. The lowest BCUT2D eigenvalue weighted by Gasteiger charge is -2.15. The summed E-state index contributed by atoms with van der Waals surface area (Å²) in [6.45, 7) is 4.09. The molecular formula is C9H15N3O. The molecule has 1 aliphatic rings. The Morgan fingerprint density at radius 3 is 3.15 bits per heavy atom. The molecule has 4 nitrogen and oxygen atoms in total. The third kappa shape index (κ3) is 2.62. The minimum absolute atomic E-state index is 0.00272. The van der Waals surface area contributed by atoms with Gasteiger partial charge in [0.1, 0.15) is 0 Å². The van der Waals surface area contributed by atoms with Crippen molar-refractivity contribution in [2.24, 2.45) is 5.92 Å². The molecule has 0 spiro atoms. The zero-order chi connectivity index (χ0) is 9.68. The van der Waals surface area contributed by atoms with Crippen molar-refractivity contribution in [3.8, 4) is 6.07 Å². The average Bonchev–Trinajstić information content (AvgIpc) is 2.54. The number of urea groups is 1. The van der Waals surface area contributed by atoms with Crippen molar-refractivity contribution in [3.05, 3.63) is 0 Å². The molecule has 0 aromatic heterocycles. The number of likely N-dealkylation sites (tertiary alicyclic amines) is 1. The molecule has 1 saturated heterocycles. The van der Waals surface area contributed by atoms with E-state index in [4.69, 9.17) is 5.26 Å². The lowest BCUT2D eigenvalue weighted by Crippen LogP contribution is -2.38. The van der Waals surface area contributed by atoms with Crippen molar-refractivity contribution in [2.45, 2.75) is 19.8 Å². The van der Waals surface area contributed by atoms with E-state index in [2.05, 4.69) is 11.4 Å². The number of carbonyl (C=O) groups is 1. The van der Waals surface area contributed by atoms with Gasteiger partial charge in [0.15, 0.2) is 0 Å². The van der Waals surface area contributed by atoms with Gasteiger partial charge in [0, 0.05) is 26.1 Å². The SMILES string of the molecule is CCNC(=O)N1CCC(CC#N)C1. The molecule has 1 heterocycles. The van der Waals surface area contributed by atoms with Crippen LogP contribution in [0.4, 0.5) is 4.79 Å². The lowest BCUT2D eigenvalue weighted by molar-refractivity contribution is 0.208. The summed E-state index contributed by atoms with van der Waals surface area (Å²) in [6.07, 6.45) is 1.53. The number of nitriles is 1. The zero-order valence-corrected chi connectivity index (χ0v) is 7.92. The van der Waals surface area contributed by atoms with E-state index in [0.717, 1.165) is 19.5 Å². The van der Waals surface area contributed by atoms with Crippen LogP contribution >= 0.6 is 0 Å². The summed E-state index contributed by atoms with van der Waals surface area (Å²) in [7, 11) is 0. The van der Waals surface area contributed by atoms with Gasteiger partial charge < -0.3 is 10.2 Å². The molecule has 0 aliphatic carbocycles. The second-order valence-electron chi connectivity index (χ2n) is 3.30. The summed E-state index contributed by atoms with van der Waals surface area (Å²) >= 11 is 0. The minimum Gasteiger partial charge on any atom is -0.338 e. The van der Waals surface area contributed by atoms with Crippen LogP contribution in [0.2, 0.25) is 0 Å². The van der Waals surface area contributed by atoms with Crippen LogP contribution in [0.5, 0.6) is 0 Å². The molecule has 1 fully saturated rings. The van der Waals surface area contributed by atoms with Gasteiger partial charge in [-0.3, -0.25) is 0 Å². The van der Waals surface area contributed by atoms with Gasteiger partial charge in [0.2, 0.25) is 0 Å². The molecule has 13 heavy (non-hydrogen) atoms. The van der Waals surface area contributed by atoms with Gasteiger partial charge in [-0.25, -0.2) is 4.79 Å². The molecular weight excluding hydrogens is 166 g/mol. The van der Waals surface area contributed by atoms with Gasteiger partial charge in [-0.2, -0.15) is 5.26 Å².